The van der Waals surface area contributed by atoms with E-state index in [-0.39, 0.29) is 5.41 Å². The Morgan fingerprint density at radius 1 is 1.20 bits per heavy atom. The van der Waals surface area contributed by atoms with Crippen LogP contribution in [0.2, 0.25) is 0 Å². The van der Waals surface area contributed by atoms with E-state index < -0.39 is 0 Å². The Balaban J connectivity index is 3.28. The van der Waals surface area contributed by atoms with Crippen molar-refractivity contribution in [2.24, 2.45) is 0 Å². The molecule has 0 aliphatic carbocycles. The van der Waals surface area contributed by atoms with Crippen LogP contribution in [0.4, 0.5) is 0 Å². The Kier molecular flexibility index (Phi) is 3.16. The third-order valence-electron chi connectivity index (χ3n) is 3.32. The van der Waals surface area contributed by atoms with Crippen LogP contribution < -0.4 is 0 Å². The van der Waals surface area contributed by atoms with E-state index in [1.54, 1.807) is 0 Å². The van der Waals surface area contributed by atoms with Gasteiger partial charge in [0.2, 0.25) is 0 Å². The molecule has 0 N–H and O–H groups in total. The smallest absolute Gasteiger partial charge is 0.124 e. The van der Waals surface area contributed by atoms with Crippen molar-refractivity contribution < 1.29 is 4.79 Å². The highest BCUT2D eigenvalue weighted by Crippen LogP contribution is 2.30. The van der Waals surface area contributed by atoms with Gasteiger partial charge in [-0.3, -0.25) is 0 Å². The monoisotopic (exact) mass is 202 g/mol. The van der Waals surface area contributed by atoms with Gasteiger partial charge in [0.15, 0.2) is 0 Å². The first-order chi connectivity index (χ1) is 6.89. The average Bonchev–Trinajstić information content (AvgIpc) is 2.20. The number of rotatable bonds is 2. The van der Waals surface area contributed by atoms with Crippen LogP contribution in [0.5, 0.6) is 0 Å². The van der Waals surface area contributed by atoms with Crippen molar-refractivity contribution in [2.45, 2.75) is 40.0 Å². The maximum Gasteiger partial charge on any atom is 0.124 e. The molecule has 80 valence electrons. The van der Waals surface area contributed by atoms with Gasteiger partial charge < -0.3 is 0 Å². The van der Waals surface area contributed by atoms with Crippen molar-refractivity contribution in [1.82, 2.24) is 0 Å². The van der Waals surface area contributed by atoms with Gasteiger partial charge >= 0.3 is 0 Å². The Morgan fingerprint density at radius 2 is 1.80 bits per heavy atom. The van der Waals surface area contributed by atoms with Crippen LogP contribution in [0, 0.1) is 13.8 Å². The SMILES string of the molecule is CC(=C=O)C(C)(C)c1ccc(C)c(C)c1. The molecular formula is C14H18O. The molecule has 0 fully saturated rings. The Hall–Kier alpha value is -1.33. The quantitative estimate of drug-likeness (QED) is 0.672. The second-order valence-electron chi connectivity index (χ2n) is 4.65. The number of benzene rings is 1. The zero-order chi connectivity index (χ0) is 11.6. The minimum Gasteiger partial charge on any atom is -0.234 e. The third-order valence-corrected chi connectivity index (χ3v) is 3.32. The maximum atomic E-state index is 10.7. The molecule has 1 nitrogen and oxygen atoms in total. The lowest BCUT2D eigenvalue weighted by Crippen LogP contribution is -2.19. The lowest BCUT2D eigenvalue weighted by molar-refractivity contribution is 0.554. The van der Waals surface area contributed by atoms with Crippen LogP contribution >= 0.6 is 0 Å². The molecular weight excluding hydrogens is 184 g/mol. The average molecular weight is 202 g/mol. The van der Waals surface area contributed by atoms with Crippen molar-refractivity contribution in [3.05, 3.63) is 40.5 Å². The fourth-order valence-electron chi connectivity index (χ4n) is 1.47. The summed E-state index contributed by atoms with van der Waals surface area (Å²) in [5.41, 5.74) is 4.24. The molecule has 0 aromatic heterocycles. The highest BCUT2D eigenvalue weighted by Gasteiger charge is 2.23. The summed E-state index contributed by atoms with van der Waals surface area (Å²) >= 11 is 0. The van der Waals surface area contributed by atoms with Crippen LogP contribution in [0.25, 0.3) is 0 Å². The molecule has 1 aromatic carbocycles. The highest BCUT2D eigenvalue weighted by molar-refractivity contribution is 5.58. The van der Waals surface area contributed by atoms with Gasteiger partial charge in [-0.15, -0.1) is 0 Å². The summed E-state index contributed by atoms with van der Waals surface area (Å²) in [5.74, 6) is 2.00. The maximum absolute atomic E-state index is 10.7. The minimum atomic E-state index is -0.222. The summed E-state index contributed by atoms with van der Waals surface area (Å²) in [6.45, 7) is 10.1. The minimum absolute atomic E-state index is 0.222. The summed E-state index contributed by atoms with van der Waals surface area (Å²) < 4.78 is 0. The molecule has 1 heteroatoms. The van der Waals surface area contributed by atoms with E-state index in [9.17, 15) is 4.79 Å². The predicted octanol–water partition coefficient (Wildman–Crippen LogP) is 3.36. The molecule has 0 unspecified atom stereocenters. The second kappa shape index (κ2) is 4.04. The van der Waals surface area contributed by atoms with E-state index in [0.29, 0.717) is 0 Å². The van der Waals surface area contributed by atoms with Crippen molar-refractivity contribution in [1.29, 1.82) is 0 Å². The summed E-state index contributed by atoms with van der Waals surface area (Å²) in [4.78, 5) is 10.7. The summed E-state index contributed by atoms with van der Waals surface area (Å²) in [6.07, 6.45) is 0. The molecule has 0 saturated heterocycles. The molecule has 15 heavy (non-hydrogen) atoms. The van der Waals surface area contributed by atoms with E-state index in [4.69, 9.17) is 0 Å². The molecule has 0 saturated carbocycles. The molecule has 0 spiro atoms. The summed E-state index contributed by atoms with van der Waals surface area (Å²) in [5, 5.41) is 0. The topological polar surface area (TPSA) is 17.1 Å². The van der Waals surface area contributed by atoms with Gasteiger partial charge in [0.05, 0.1) is 0 Å². The van der Waals surface area contributed by atoms with Crippen LogP contribution in [-0.4, -0.2) is 5.94 Å². The first-order valence-corrected chi connectivity index (χ1v) is 5.19. The van der Waals surface area contributed by atoms with Crippen LogP contribution in [-0.2, 0) is 10.2 Å². The van der Waals surface area contributed by atoms with Gasteiger partial charge in [0.25, 0.3) is 0 Å². The van der Waals surface area contributed by atoms with Gasteiger partial charge in [-0.2, -0.15) is 0 Å². The fourth-order valence-corrected chi connectivity index (χ4v) is 1.47. The van der Waals surface area contributed by atoms with Gasteiger partial charge in [-0.25, -0.2) is 4.79 Å². The number of carbonyl (C=O) groups excluding carboxylic acids is 1. The van der Waals surface area contributed by atoms with Crippen molar-refractivity contribution in [3.8, 4) is 0 Å². The molecule has 0 radical (unpaired) electrons. The number of aryl methyl sites for hydroxylation is 2. The van der Waals surface area contributed by atoms with Crippen molar-refractivity contribution in [3.63, 3.8) is 0 Å². The van der Waals surface area contributed by atoms with E-state index >= 15 is 0 Å². The zero-order valence-corrected chi connectivity index (χ0v) is 10.1. The molecule has 1 rings (SSSR count). The van der Waals surface area contributed by atoms with Crippen LogP contribution in [0.1, 0.15) is 37.5 Å². The lowest BCUT2D eigenvalue weighted by Gasteiger charge is -2.24. The molecule has 0 bridgehead atoms. The van der Waals surface area contributed by atoms with Gasteiger partial charge in [0.1, 0.15) is 5.94 Å². The molecule has 0 atom stereocenters. The third kappa shape index (κ3) is 2.19. The molecule has 0 heterocycles. The normalized spacial score (nSPS) is 11.0. The molecule has 0 aliphatic rings. The van der Waals surface area contributed by atoms with Gasteiger partial charge in [-0.1, -0.05) is 32.0 Å². The van der Waals surface area contributed by atoms with E-state index in [0.717, 1.165) is 5.57 Å². The van der Waals surface area contributed by atoms with E-state index in [1.807, 2.05) is 12.9 Å². The number of allylic oxidation sites excluding steroid dienone is 1. The first-order valence-electron chi connectivity index (χ1n) is 5.19. The van der Waals surface area contributed by atoms with Crippen molar-refractivity contribution >= 4 is 5.94 Å². The largest absolute Gasteiger partial charge is 0.234 e. The predicted molar refractivity (Wildman–Crippen MR) is 63.8 cm³/mol. The highest BCUT2D eigenvalue weighted by atomic mass is 16.1. The van der Waals surface area contributed by atoms with E-state index in [2.05, 4.69) is 45.9 Å². The molecule has 1 aromatic rings. The number of hydrogen-bond donors (Lipinski definition) is 0. The summed E-state index contributed by atoms with van der Waals surface area (Å²) in [6, 6.07) is 6.34. The second-order valence-corrected chi connectivity index (χ2v) is 4.65. The van der Waals surface area contributed by atoms with Gasteiger partial charge in [-0.05, 0) is 37.5 Å². The Morgan fingerprint density at radius 3 is 2.27 bits per heavy atom. The van der Waals surface area contributed by atoms with Gasteiger partial charge in [0, 0.05) is 11.0 Å². The lowest BCUT2D eigenvalue weighted by atomic mass is 9.78. The number of hydrogen-bond acceptors (Lipinski definition) is 1. The first kappa shape index (κ1) is 11.7. The molecule has 0 aliphatic heterocycles. The Bertz CT molecular complexity index is 421. The van der Waals surface area contributed by atoms with Crippen LogP contribution in [0.3, 0.4) is 0 Å². The fraction of sp³-hybridized carbons (Fsp3) is 0.429. The molecule has 0 amide bonds. The summed E-state index contributed by atoms with van der Waals surface area (Å²) in [7, 11) is 0. The van der Waals surface area contributed by atoms with Crippen LogP contribution in [0.15, 0.2) is 23.8 Å². The zero-order valence-electron chi connectivity index (χ0n) is 10.1. The van der Waals surface area contributed by atoms with E-state index in [1.165, 1.54) is 16.7 Å². The van der Waals surface area contributed by atoms with Crippen molar-refractivity contribution in [2.75, 3.05) is 0 Å². The standard InChI is InChI=1S/C14H18O/c1-10-6-7-13(8-11(10)2)14(4,5)12(3)9-15/h6-8H,1-5H3. The Labute approximate surface area is 91.8 Å².